The molecule has 1 aromatic heterocycles. The molecule has 0 saturated heterocycles. The second-order valence-corrected chi connectivity index (χ2v) is 5.93. The van der Waals surface area contributed by atoms with Gasteiger partial charge in [0, 0.05) is 29.6 Å². The Labute approximate surface area is 134 Å². The predicted octanol–water partition coefficient (Wildman–Crippen LogP) is 4.49. The van der Waals surface area contributed by atoms with Gasteiger partial charge in [-0.3, -0.25) is 4.79 Å². The largest absolute Gasteiger partial charge is 0.390 e. The summed E-state index contributed by atoms with van der Waals surface area (Å²) >= 11 is 7.05. The van der Waals surface area contributed by atoms with E-state index in [0.29, 0.717) is 10.0 Å². The number of nitrogens with zero attached hydrogens (tertiary/aromatic N) is 2. The molecule has 3 nitrogen and oxygen atoms in total. The number of hydrogen-bond donors (Lipinski definition) is 0. The molecule has 0 saturated carbocycles. The summed E-state index contributed by atoms with van der Waals surface area (Å²) in [6.07, 6.45) is -5.32. The molecule has 118 valence electrons. The molecule has 0 aliphatic heterocycles. The molecular weight excluding hydrogens is 337 g/mol. The van der Waals surface area contributed by atoms with Crippen molar-refractivity contribution in [3.05, 3.63) is 40.4 Å². The highest BCUT2D eigenvalue weighted by Gasteiger charge is 2.28. The van der Waals surface area contributed by atoms with Crippen LogP contribution in [0.15, 0.2) is 29.6 Å². The topological polar surface area (TPSA) is 33.2 Å². The molecule has 0 bridgehead atoms. The summed E-state index contributed by atoms with van der Waals surface area (Å²) in [5.74, 6) is -0.527. The second kappa shape index (κ2) is 6.66. The number of thiazole rings is 1. The van der Waals surface area contributed by atoms with E-state index in [-0.39, 0.29) is 5.69 Å². The number of hydrogen-bond acceptors (Lipinski definition) is 3. The van der Waals surface area contributed by atoms with Gasteiger partial charge in [-0.25, -0.2) is 4.98 Å². The van der Waals surface area contributed by atoms with E-state index in [2.05, 4.69) is 4.98 Å². The summed E-state index contributed by atoms with van der Waals surface area (Å²) < 4.78 is 36.5. The highest BCUT2D eigenvalue weighted by Crippen LogP contribution is 2.26. The first-order valence-electron chi connectivity index (χ1n) is 6.30. The van der Waals surface area contributed by atoms with Crippen molar-refractivity contribution >= 4 is 28.8 Å². The minimum atomic E-state index is -4.29. The molecule has 1 heterocycles. The molecule has 0 N–H and O–H groups in total. The molecule has 0 radical (unpaired) electrons. The third-order valence-corrected chi connectivity index (χ3v) is 4.04. The van der Waals surface area contributed by atoms with Crippen molar-refractivity contribution < 1.29 is 18.0 Å². The zero-order chi connectivity index (χ0) is 16.3. The molecule has 1 aromatic carbocycles. The summed E-state index contributed by atoms with van der Waals surface area (Å²) in [7, 11) is 1.33. The standard InChI is InChI=1S/C14H12ClF3N2OS/c1-20(7-6-14(16,17)18)13(21)11-8-22-12(19-11)9-2-4-10(15)5-3-9/h2-5,8H,6-7H2,1H3. The number of rotatable bonds is 4. The second-order valence-electron chi connectivity index (χ2n) is 4.64. The summed E-state index contributed by atoms with van der Waals surface area (Å²) in [4.78, 5) is 17.2. The smallest absolute Gasteiger partial charge is 0.340 e. The van der Waals surface area contributed by atoms with Gasteiger partial charge in [0.1, 0.15) is 10.7 Å². The molecule has 1 amide bonds. The normalized spacial score (nSPS) is 11.5. The number of aromatic nitrogens is 1. The van der Waals surface area contributed by atoms with Crippen molar-refractivity contribution in [3.63, 3.8) is 0 Å². The summed E-state index contributed by atoms with van der Waals surface area (Å²) in [6, 6.07) is 6.94. The van der Waals surface area contributed by atoms with E-state index in [1.54, 1.807) is 24.3 Å². The van der Waals surface area contributed by atoms with Gasteiger partial charge in [-0.15, -0.1) is 11.3 Å². The number of alkyl halides is 3. The fourth-order valence-electron chi connectivity index (χ4n) is 1.69. The number of amides is 1. The summed E-state index contributed by atoms with van der Waals surface area (Å²) in [6.45, 7) is -0.393. The lowest BCUT2D eigenvalue weighted by Gasteiger charge is -2.16. The van der Waals surface area contributed by atoms with Crippen molar-refractivity contribution in [2.24, 2.45) is 0 Å². The highest BCUT2D eigenvalue weighted by atomic mass is 35.5. The molecule has 0 atom stereocenters. The van der Waals surface area contributed by atoms with E-state index < -0.39 is 25.0 Å². The fourth-order valence-corrected chi connectivity index (χ4v) is 2.61. The number of carbonyl (C=O) groups excluding carboxylic acids is 1. The maximum atomic E-state index is 12.2. The van der Waals surface area contributed by atoms with Gasteiger partial charge in [0.25, 0.3) is 5.91 Å². The lowest BCUT2D eigenvalue weighted by Crippen LogP contribution is -2.30. The van der Waals surface area contributed by atoms with Crippen LogP contribution in [0.1, 0.15) is 16.9 Å². The summed E-state index contributed by atoms with van der Waals surface area (Å²) in [5, 5.41) is 2.74. The molecule has 2 rings (SSSR count). The summed E-state index contributed by atoms with van der Waals surface area (Å²) in [5.41, 5.74) is 0.936. The maximum absolute atomic E-state index is 12.2. The SMILES string of the molecule is CN(CCC(F)(F)F)C(=O)c1csc(-c2ccc(Cl)cc2)n1. The van der Waals surface area contributed by atoms with E-state index >= 15 is 0 Å². The average Bonchev–Trinajstić information content (AvgIpc) is 2.93. The lowest BCUT2D eigenvalue weighted by molar-refractivity contribution is -0.136. The maximum Gasteiger partial charge on any atom is 0.390 e. The van der Waals surface area contributed by atoms with Crippen LogP contribution in [0.5, 0.6) is 0 Å². The van der Waals surface area contributed by atoms with Gasteiger partial charge in [-0.1, -0.05) is 23.7 Å². The van der Waals surface area contributed by atoms with Crippen LogP contribution in [0.25, 0.3) is 10.6 Å². The first kappa shape index (κ1) is 16.8. The minimum absolute atomic E-state index is 0.139. The molecule has 0 aliphatic carbocycles. The number of carbonyl (C=O) groups is 1. The monoisotopic (exact) mass is 348 g/mol. The quantitative estimate of drug-likeness (QED) is 0.815. The van der Waals surface area contributed by atoms with Crippen molar-refractivity contribution in [1.29, 1.82) is 0 Å². The Kier molecular flexibility index (Phi) is 5.08. The molecule has 0 spiro atoms. The fraction of sp³-hybridized carbons (Fsp3) is 0.286. The van der Waals surface area contributed by atoms with Crippen molar-refractivity contribution in [3.8, 4) is 10.6 Å². The van der Waals surface area contributed by atoms with E-state index in [1.165, 1.54) is 23.8 Å². The van der Waals surface area contributed by atoms with Gasteiger partial charge in [-0.05, 0) is 12.1 Å². The predicted molar refractivity (Wildman–Crippen MR) is 80.2 cm³/mol. The van der Waals surface area contributed by atoms with Crippen LogP contribution in [0.4, 0.5) is 13.2 Å². The number of benzene rings is 1. The van der Waals surface area contributed by atoms with Gasteiger partial charge in [0.15, 0.2) is 0 Å². The molecule has 0 unspecified atom stereocenters. The number of halogens is 4. The Morgan fingerprint density at radius 1 is 1.32 bits per heavy atom. The third kappa shape index (κ3) is 4.45. The van der Waals surface area contributed by atoms with Crippen LogP contribution in [0.3, 0.4) is 0 Å². The van der Waals surface area contributed by atoms with Gasteiger partial charge >= 0.3 is 6.18 Å². The zero-order valence-electron chi connectivity index (χ0n) is 11.5. The van der Waals surface area contributed by atoms with E-state index in [1.807, 2.05) is 0 Å². The Balaban J connectivity index is 2.07. The molecular formula is C14H12ClF3N2OS. The van der Waals surface area contributed by atoms with Gasteiger partial charge in [-0.2, -0.15) is 13.2 Å². The first-order valence-corrected chi connectivity index (χ1v) is 7.56. The third-order valence-electron chi connectivity index (χ3n) is 2.89. The Morgan fingerprint density at radius 3 is 2.55 bits per heavy atom. The molecule has 2 aromatic rings. The van der Waals surface area contributed by atoms with E-state index in [4.69, 9.17) is 11.6 Å². The minimum Gasteiger partial charge on any atom is -0.340 e. The van der Waals surface area contributed by atoms with Crippen LogP contribution < -0.4 is 0 Å². The van der Waals surface area contributed by atoms with Crippen LogP contribution in [-0.2, 0) is 0 Å². The van der Waals surface area contributed by atoms with Crippen molar-refractivity contribution in [2.45, 2.75) is 12.6 Å². The Morgan fingerprint density at radius 2 is 1.95 bits per heavy atom. The van der Waals surface area contributed by atoms with Gasteiger partial charge in [0.2, 0.25) is 0 Å². The van der Waals surface area contributed by atoms with E-state index in [9.17, 15) is 18.0 Å². The zero-order valence-corrected chi connectivity index (χ0v) is 13.1. The van der Waals surface area contributed by atoms with Crippen LogP contribution >= 0.6 is 22.9 Å². The molecule has 0 fully saturated rings. The Bertz CT molecular complexity index is 655. The van der Waals surface area contributed by atoms with Crippen molar-refractivity contribution in [2.75, 3.05) is 13.6 Å². The molecule has 22 heavy (non-hydrogen) atoms. The van der Waals surface area contributed by atoms with Crippen LogP contribution in [0, 0.1) is 0 Å². The van der Waals surface area contributed by atoms with E-state index in [0.717, 1.165) is 10.5 Å². The molecule has 8 heteroatoms. The van der Waals surface area contributed by atoms with Crippen LogP contribution in [0.2, 0.25) is 5.02 Å². The van der Waals surface area contributed by atoms with Crippen LogP contribution in [-0.4, -0.2) is 35.6 Å². The molecule has 0 aliphatic rings. The Hall–Kier alpha value is -1.60. The van der Waals surface area contributed by atoms with Crippen molar-refractivity contribution in [1.82, 2.24) is 9.88 Å². The van der Waals surface area contributed by atoms with Gasteiger partial charge in [0.05, 0.1) is 6.42 Å². The van der Waals surface area contributed by atoms with Gasteiger partial charge < -0.3 is 4.90 Å². The first-order chi connectivity index (χ1) is 10.3. The average molecular weight is 349 g/mol. The lowest BCUT2D eigenvalue weighted by atomic mass is 10.2. The highest BCUT2D eigenvalue weighted by molar-refractivity contribution is 7.13.